The normalized spacial score (nSPS) is 10.8. The van der Waals surface area contributed by atoms with E-state index in [9.17, 15) is 19.2 Å². The molecule has 0 aliphatic heterocycles. The van der Waals surface area contributed by atoms with Gasteiger partial charge in [-0.3, -0.25) is 19.2 Å². The molecule has 10 nitrogen and oxygen atoms in total. The molecule has 0 aromatic carbocycles. The summed E-state index contributed by atoms with van der Waals surface area (Å²) in [5, 5.41) is 1.36. The van der Waals surface area contributed by atoms with E-state index in [1.807, 2.05) is 0 Å². The fraction of sp³-hybridized carbons (Fsp3) is 0.778. The molecule has 0 unspecified atom stereocenters. The number of hydrogen-bond donors (Lipinski definition) is 4. The Hall–Kier alpha value is -0.800. The summed E-state index contributed by atoms with van der Waals surface area (Å²) in [7, 11) is 0. The van der Waals surface area contributed by atoms with Crippen molar-refractivity contribution in [3.8, 4) is 0 Å². The molecule has 0 aromatic rings. The van der Waals surface area contributed by atoms with Crippen LogP contribution in [-0.4, -0.2) is 70.4 Å². The van der Waals surface area contributed by atoms with Gasteiger partial charge in [0, 0.05) is 36.1 Å². The van der Waals surface area contributed by atoms with Gasteiger partial charge in [-0.15, -0.1) is 0 Å². The standard InChI is InChI=1S/C18H32N2O8S4/c21-15(5-1-11-29)25-19(26-16(22)6-2-12-30)9-10-20(27-17(23)7-3-13-31)28-18(24)8-4-14-32/h29-32H,1-14H2. The third-order valence-electron chi connectivity index (χ3n) is 3.44. The average Bonchev–Trinajstić information content (AvgIpc) is 2.76. The van der Waals surface area contributed by atoms with E-state index in [-0.39, 0.29) is 38.8 Å². The second-order valence-corrected chi connectivity index (χ2v) is 8.06. The van der Waals surface area contributed by atoms with Gasteiger partial charge in [-0.1, -0.05) is 0 Å². The highest BCUT2D eigenvalue weighted by atomic mass is 32.1. The third kappa shape index (κ3) is 17.7. The Morgan fingerprint density at radius 1 is 0.469 bits per heavy atom. The summed E-state index contributed by atoms with van der Waals surface area (Å²) in [6, 6.07) is 0. The summed E-state index contributed by atoms with van der Waals surface area (Å²) in [6.07, 6.45) is 2.15. The first-order valence-corrected chi connectivity index (χ1v) is 12.7. The number of carbonyl (C=O) groups excluding carboxylic acids is 4. The molecule has 0 saturated carbocycles. The zero-order valence-electron chi connectivity index (χ0n) is 17.8. The van der Waals surface area contributed by atoms with Crippen LogP contribution in [0.3, 0.4) is 0 Å². The van der Waals surface area contributed by atoms with Gasteiger partial charge in [0.15, 0.2) is 0 Å². The molecule has 14 heteroatoms. The quantitative estimate of drug-likeness (QED) is 0.146. The fourth-order valence-electron chi connectivity index (χ4n) is 1.91. The number of rotatable bonds is 19. The van der Waals surface area contributed by atoms with Crippen molar-refractivity contribution in [2.24, 2.45) is 0 Å². The van der Waals surface area contributed by atoms with Gasteiger partial charge in [-0.05, 0) is 48.7 Å². The zero-order chi connectivity index (χ0) is 24.2. The molecule has 0 atom stereocenters. The second-order valence-electron chi connectivity index (χ2n) is 6.27. The highest BCUT2D eigenvalue weighted by Crippen LogP contribution is 2.07. The topological polar surface area (TPSA) is 112 Å². The summed E-state index contributed by atoms with van der Waals surface area (Å²) in [5.74, 6) is -0.615. The molecule has 0 rings (SSSR count). The fourth-order valence-corrected chi connectivity index (χ4v) is 2.55. The maximum absolute atomic E-state index is 11.9. The number of carbonyl (C=O) groups is 4. The van der Waals surface area contributed by atoms with Gasteiger partial charge >= 0.3 is 23.9 Å². The van der Waals surface area contributed by atoms with Crippen LogP contribution in [0.5, 0.6) is 0 Å². The molecular weight excluding hydrogens is 500 g/mol. The minimum absolute atomic E-state index is 0.0648. The van der Waals surface area contributed by atoms with Crippen molar-refractivity contribution < 1.29 is 38.5 Å². The van der Waals surface area contributed by atoms with Gasteiger partial charge in [0.05, 0.1) is 13.1 Å². The van der Waals surface area contributed by atoms with Crippen LogP contribution >= 0.6 is 50.5 Å². The van der Waals surface area contributed by atoms with Crippen molar-refractivity contribution in [1.82, 2.24) is 10.5 Å². The van der Waals surface area contributed by atoms with E-state index in [0.717, 1.165) is 0 Å². The first-order chi connectivity index (χ1) is 15.4. The second kappa shape index (κ2) is 20.8. The van der Waals surface area contributed by atoms with Crippen LogP contribution in [0.1, 0.15) is 51.4 Å². The van der Waals surface area contributed by atoms with Gasteiger partial charge in [0.25, 0.3) is 0 Å². The molecule has 186 valence electrons. The van der Waals surface area contributed by atoms with Gasteiger partial charge in [0.2, 0.25) is 0 Å². The molecule has 0 bridgehead atoms. The molecule has 0 amide bonds. The maximum Gasteiger partial charge on any atom is 0.329 e. The van der Waals surface area contributed by atoms with Gasteiger partial charge in [0.1, 0.15) is 0 Å². The van der Waals surface area contributed by atoms with E-state index in [1.165, 1.54) is 0 Å². The molecule has 0 aliphatic carbocycles. The van der Waals surface area contributed by atoms with Crippen LogP contribution in [0.15, 0.2) is 0 Å². The summed E-state index contributed by atoms with van der Waals surface area (Å²) < 4.78 is 0. The van der Waals surface area contributed by atoms with Gasteiger partial charge in [-0.2, -0.15) is 50.5 Å². The van der Waals surface area contributed by atoms with E-state index >= 15 is 0 Å². The van der Waals surface area contributed by atoms with Crippen LogP contribution in [0.4, 0.5) is 0 Å². The minimum Gasteiger partial charge on any atom is -0.333 e. The van der Waals surface area contributed by atoms with Crippen molar-refractivity contribution in [3.63, 3.8) is 0 Å². The van der Waals surface area contributed by atoms with E-state index in [4.69, 9.17) is 19.4 Å². The number of nitrogens with zero attached hydrogens (tertiary/aromatic N) is 2. The summed E-state index contributed by atoms with van der Waals surface area (Å²) in [5.41, 5.74) is 0. The molecule has 0 radical (unpaired) electrons. The van der Waals surface area contributed by atoms with E-state index in [2.05, 4.69) is 50.5 Å². The van der Waals surface area contributed by atoms with Gasteiger partial charge in [-0.25, -0.2) is 0 Å². The lowest BCUT2D eigenvalue weighted by atomic mass is 10.3. The van der Waals surface area contributed by atoms with Crippen LogP contribution in [-0.2, 0) is 38.5 Å². The van der Waals surface area contributed by atoms with Gasteiger partial charge < -0.3 is 19.4 Å². The van der Waals surface area contributed by atoms with Crippen molar-refractivity contribution in [2.45, 2.75) is 51.4 Å². The maximum atomic E-state index is 11.9. The lowest BCUT2D eigenvalue weighted by Gasteiger charge is -2.23. The third-order valence-corrected chi connectivity index (χ3v) is 4.70. The molecule has 0 saturated heterocycles. The average molecular weight is 533 g/mol. The molecule has 0 spiro atoms. The molecule has 0 fully saturated rings. The largest absolute Gasteiger partial charge is 0.333 e. The SMILES string of the molecule is O=C(CCCS)ON(CCN(OC(=O)CCCS)OC(=O)CCCS)OC(=O)CCCS. The van der Waals surface area contributed by atoms with Crippen molar-refractivity contribution in [3.05, 3.63) is 0 Å². The predicted octanol–water partition coefficient (Wildman–Crippen LogP) is 2.26. The molecule has 0 heterocycles. The Morgan fingerprint density at radius 2 is 0.688 bits per heavy atom. The Kier molecular flexibility index (Phi) is 20.3. The number of hydrogen-bond acceptors (Lipinski definition) is 14. The summed E-state index contributed by atoms with van der Waals surface area (Å²) in [4.78, 5) is 68.0. The van der Waals surface area contributed by atoms with Crippen molar-refractivity contribution >= 4 is 74.4 Å². The van der Waals surface area contributed by atoms with E-state index < -0.39 is 23.9 Å². The molecule has 0 aromatic heterocycles. The summed E-state index contributed by atoms with van der Waals surface area (Å²) >= 11 is 16.1. The molecule has 0 N–H and O–H groups in total. The van der Waals surface area contributed by atoms with Crippen LogP contribution in [0, 0.1) is 0 Å². The Bertz CT molecular complexity index is 479. The number of hydroxylamine groups is 4. The zero-order valence-corrected chi connectivity index (χ0v) is 21.4. The minimum atomic E-state index is -0.635. The Labute approximate surface area is 210 Å². The highest BCUT2D eigenvalue weighted by molar-refractivity contribution is 7.80. The van der Waals surface area contributed by atoms with Crippen molar-refractivity contribution in [2.75, 3.05) is 36.1 Å². The first kappa shape index (κ1) is 31.2. The van der Waals surface area contributed by atoms with Crippen LogP contribution in [0.25, 0.3) is 0 Å². The Morgan fingerprint density at radius 3 is 0.875 bits per heavy atom. The smallest absolute Gasteiger partial charge is 0.329 e. The monoisotopic (exact) mass is 532 g/mol. The molecular formula is C18H32N2O8S4. The highest BCUT2D eigenvalue weighted by Gasteiger charge is 2.22. The van der Waals surface area contributed by atoms with Crippen LogP contribution in [0.2, 0.25) is 0 Å². The van der Waals surface area contributed by atoms with E-state index in [0.29, 0.717) is 59.1 Å². The van der Waals surface area contributed by atoms with Crippen molar-refractivity contribution in [1.29, 1.82) is 0 Å². The lowest BCUT2D eigenvalue weighted by molar-refractivity contribution is -0.356. The number of thiol groups is 4. The lowest BCUT2D eigenvalue weighted by Crippen LogP contribution is -2.39. The molecule has 0 aliphatic rings. The van der Waals surface area contributed by atoms with E-state index in [1.54, 1.807) is 0 Å². The Balaban J connectivity index is 5.06. The molecule has 32 heavy (non-hydrogen) atoms. The summed E-state index contributed by atoms with van der Waals surface area (Å²) in [6.45, 7) is -0.502. The predicted molar refractivity (Wildman–Crippen MR) is 130 cm³/mol. The first-order valence-electron chi connectivity index (χ1n) is 10.2. The van der Waals surface area contributed by atoms with Crippen LogP contribution < -0.4 is 0 Å².